The third-order valence-electron chi connectivity index (χ3n) is 2.26. The molecule has 0 bridgehead atoms. The van der Waals surface area contributed by atoms with Gasteiger partial charge in [0.05, 0.1) is 6.61 Å². The Morgan fingerprint density at radius 2 is 2.24 bits per heavy atom. The molecule has 0 saturated carbocycles. The predicted molar refractivity (Wildman–Crippen MR) is 62.8 cm³/mol. The topological polar surface area (TPSA) is 44.8 Å². The van der Waals surface area contributed by atoms with Crippen LogP contribution in [0.5, 0.6) is 11.5 Å². The molecule has 0 spiro atoms. The van der Waals surface area contributed by atoms with E-state index in [1.165, 1.54) is 6.08 Å². The summed E-state index contributed by atoms with van der Waals surface area (Å²) in [6.07, 6.45) is 3.93. The first-order chi connectivity index (χ1) is 8.29. The molecule has 0 radical (unpaired) electrons. The van der Waals surface area contributed by atoms with Crippen LogP contribution in [0.3, 0.4) is 0 Å². The van der Waals surface area contributed by atoms with Crippen LogP contribution < -0.4 is 9.47 Å². The minimum absolute atomic E-state index is 0.251. The molecular weight excluding hydrogens is 220 g/mol. The van der Waals surface area contributed by atoms with Gasteiger partial charge in [-0.3, -0.25) is 0 Å². The van der Waals surface area contributed by atoms with E-state index in [0.29, 0.717) is 12.4 Å². The summed E-state index contributed by atoms with van der Waals surface area (Å²) < 4.78 is 15.4. The second-order valence-electron chi connectivity index (χ2n) is 3.61. The molecule has 17 heavy (non-hydrogen) atoms. The van der Waals surface area contributed by atoms with Crippen molar-refractivity contribution in [3.8, 4) is 11.5 Å². The summed E-state index contributed by atoms with van der Waals surface area (Å²) >= 11 is 0. The minimum Gasteiger partial charge on any atom is -0.463 e. The summed E-state index contributed by atoms with van der Waals surface area (Å²) in [5.74, 6) is 1.11. The number of carbonyl (C=O) groups is 1. The summed E-state index contributed by atoms with van der Waals surface area (Å²) in [6, 6.07) is 5.50. The number of rotatable bonds is 4. The highest BCUT2D eigenvalue weighted by Gasteiger charge is 2.12. The smallest absolute Gasteiger partial charge is 0.330 e. The van der Waals surface area contributed by atoms with Crippen molar-refractivity contribution in [3.63, 3.8) is 0 Å². The van der Waals surface area contributed by atoms with Gasteiger partial charge in [0.1, 0.15) is 0 Å². The van der Waals surface area contributed by atoms with Gasteiger partial charge in [0, 0.05) is 6.08 Å². The fourth-order valence-electron chi connectivity index (χ4n) is 1.43. The molecule has 1 heterocycles. The first kappa shape index (κ1) is 11.5. The van der Waals surface area contributed by atoms with E-state index in [1.54, 1.807) is 6.08 Å². The molecule has 0 fully saturated rings. The van der Waals surface area contributed by atoms with Crippen LogP contribution in [0, 0.1) is 0 Å². The minimum atomic E-state index is -0.329. The van der Waals surface area contributed by atoms with Gasteiger partial charge < -0.3 is 14.2 Å². The van der Waals surface area contributed by atoms with Crippen LogP contribution in [-0.2, 0) is 9.53 Å². The number of carbonyl (C=O) groups excluding carboxylic acids is 1. The molecule has 0 aliphatic carbocycles. The highest BCUT2D eigenvalue weighted by atomic mass is 16.7. The Morgan fingerprint density at radius 3 is 3.06 bits per heavy atom. The molecule has 1 aliphatic rings. The van der Waals surface area contributed by atoms with Gasteiger partial charge in [-0.25, -0.2) is 4.79 Å². The second-order valence-corrected chi connectivity index (χ2v) is 3.61. The van der Waals surface area contributed by atoms with Crippen molar-refractivity contribution in [2.24, 2.45) is 0 Å². The Balaban J connectivity index is 1.99. The normalized spacial score (nSPS) is 13.0. The van der Waals surface area contributed by atoms with Gasteiger partial charge in [0.15, 0.2) is 11.5 Å². The number of ether oxygens (including phenoxy) is 3. The Labute approximate surface area is 99.8 Å². The molecule has 90 valence electrons. The lowest BCUT2D eigenvalue weighted by Crippen LogP contribution is -2.00. The van der Waals surface area contributed by atoms with Crippen molar-refractivity contribution < 1.29 is 19.0 Å². The Morgan fingerprint density at radius 1 is 1.41 bits per heavy atom. The molecule has 1 aliphatic heterocycles. The van der Waals surface area contributed by atoms with Crippen LogP contribution >= 0.6 is 0 Å². The average molecular weight is 234 g/mol. The highest BCUT2D eigenvalue weighted by molar-refractivity contribution is 5.87. The first-order valence-corrected chi connectivity index (χ1v) is 5.54. The van der Waals surface area contributed by atoms with Gasteiger partial charge in [-0.1, -0.05) is 13.0 Å². The Kier molecular flexibility index (Phi) is 3.65. The van der Waals surface area contributed by atoms with Crippen LogP contribution in [0.15, 0.2) is 24.3 Å². The lowest BCUT2D eigenvalue weighted by molar-refractivity contribution is -0.137. The zero-order valence-corrected chi connectivity index (χ0v) is 9.64. The van der Waals surface area contributed by atoms with E-state index in [2.05, 4.69) is 0 Å². The van der Waals surface area contributed by atoms with Crippen molar-refractivity contribution in [1.29, 1.82) is 0 Å². The van der Waals surface area contributed by atoms with Crippen LogP contribution in [0.2, 0.25) is 0 Å². The lowest BCUT2D eigenvalue weighted by atomic mass is 10.2. The zero-order valence-electron chi connectivity index (χ0n) is 9.64. The Hall–Kier alpha value is -1.97. The van der Waals surface area contributed by atoms with Crippen molar-refractivity contribution in [1.82, 2.24) is 0 Å². The average Bonchev–Trinajstić information content (AvgIpc) is 2.81. The largest absolute Gasteiger partial charge is 0.463 e. The van der Waals surface area contributed by atoms with E-state index in [1.807, 2.05) is 25.1 Å². The number of benzene rings is 1. The van der Waals surface area contributed by atoms with Crippen LogP contribution in [-0.4, -0.2) is 19.4 Å². The Bertz CT molecular complexity index is 437. The van der Waals surface area contributed by atoms with Crippen LogP contribution in [0.1, 0.15) is 18.9 Å². The molecule has 0 unspecified atom stereocenters. The van der Waals surface area contributed by atoms with E-state index >= 15 is 0 Å². The van der Waals surface area contributed by atoms with Crippen LogP contribution in [0.4, 0.5) is 0 Å². The van der Waals surface area contributed by atoms with E-state index in [-0.39, 0.29) is 12.8 Å². The van der Waals surface area contributed by atoms with Crippen molar-refractivity contribution in [2.45, 2.75) is 13.3 Å². The summed E-state index contributed by atoms with van der Waals surface area (Å²) in [5, 5.41) is 0. The van der Waals surface area contributed by atoms with E-state index in [0.717, 1.165) is 17.7 Å². The summed E-state index contributed by atoms with van der Waals surface area (Å²) in [5.41, 5.74) is 0.877. The van der Waals surface area contributed by atoms with Crippen molar-refractivity contribution in [2.75, 3.05) is 13.4 Å². The summed E-state index contributed by atoms with van der Waals surface area (Å²) in [7, 11) is 0. The number of hydrogen-bond donors (Lipinski definition) is 0. The molecule has 0 aromatic heterocycles. The number of fused-ring (bicyclic) bond motifs is 1. The lowest BCUT2D eigenvalue weighted by Gasteiger charge is -1.99. The predicted octanol–water partition coefficient (Wildman–Crippen LogP) is 2.38. The van der Waals surface area contributed by atoms with Gasteiger partial charge in [-0.05, 0) is 30.2 Å². The standard InChI is InChI=1S/C13H14O4/c1-2-7-15-13(14)6-4-10-3-5-11-12(8-10)17-9-16-11/h3-6,8H,2,7,9H2,1H3. The molecule has 4 nitrogen and oxygen atoms in total. The van der Waals surface area contributed by atoms with Crippen LogP contribution in [0.25, 0.3) is 6.08 Å². The monoisotopic (exact) mass is 234 g/mol. The SMILES string of the molecule is CCCOC(=O)C=Cc1ccc2c(c1)OCO2. The fraction of sp³-hybridized carbons (Fsp3) is 0.308. The van der Waals surface area contributed by atoms with E-state index < -0.39 is 0 Å². The molecule has 1 aromatic carbocycles. The molecule has 4 heteroatoms. The first-order valence-electron chi connectivity index (χ1n) is 5.54. The number of hydrogen-bond acceptors (Lipinski definition) is 4. The van der Waals surface area contributed by atoms with E-state index in [4.69, 9.17) is 14.2 Å². The molecule has 0 N–H and O–H groups in total. The van der Waals surface area contributed by atoms with Crippen molar-refractivity contribution in [3.05, 3.63) is 29.8 Å². The van der Waals surface area contributed by atoms with Gasteiger partial charge in [0.2, 0.25) is 6.79 Å². The van der Waals surface area contributed by atoms with Gasteiger partial charge in [0.25, 0.3) is 0 Å². The molecular formula is C13H14O4. The fourth-order valence-corrected chi connectivity index (χ4v) is 1.43. The van der Waals surface area contributed by atoms with Gasteiger partial charge in [-0.2, -0.15) is 0 Å². The second kappa shape index (κ2) is 5.39. The highest BCUT2D eigenvalue weighted by Crippen LogP contribution is 2.32. The third-order valence-corrected chi connectivity index (χ3v) is 2.26. The van der Waals surface area contributed by atoms with Crippen molar-refractivity contribution >= 4 is 12.0 Å². The molecule has 0 amide bonds. The van der Waals surface area contributed by atoms with Gasteiger partial charge in [-0.15, -0.1) is 0 Å². The number of esters is 1. The molecule has 0 atom stereocenters. The third kappa shape index (κ3) is 3.00. The summed E-state index contributed by atoms with van der Waals surface area (Å²) in [6.45, 7) is 2.65. The molecule has 0 saturated heterocycles. The molecule has 1 aromatic rings. The van der Waals surface area contributed by atoms with Gasteiger partial charge >= 0.3 is 5.97 Å². The van der Waals surface area contributed by atoms with E-state index in [9.17, 15) is 4.79 Å². The quantitative estimate of drug-likeness (QED) is 0.592. The maximum absolute atomic E-state index is 11.2. The zero-order chi connectivity index (χ0) is 12.1. The molecule has 2 rings (SSSR count). The maximum atomic E-state index is 11.2. The maximum Gasteiger partial charge on any atom is 0.330 e. The summed E-state index contributed by atoms with van der Waals surface area (Å²) in [4.78, 5) is 11.2.